The highest BCUT2D eigenvalue weighted by atomic mass is 32.1. The van der Waals surface area contributed by atoms with Crippen LogP contribution < -0.4 is 5.32 Å². The lowest BCUT2D eigenvalue weighted by Gasteiger charge is -2.34. The number of benzene rings is 2. The van der Waals surface area contributed by atoms with Crippen LogP contribution in [0.5, 0.6) is 0 Å². The second-order valence-corrected chi connectivity index (χ2v) is 11.0. The van der Waals surface area contributed by atoms with Gasteiger partial charge in [-0.2, -0.15) is 0 Å². The summed E-state index contributed by atoms with van der Waals surface area (Å²) in [6.07, 6.45) is -0.473. The van der Waals surface area contributed by atoms with E-state index >= 15 is 0 Å². The summed E-state index contributed by atoms with van der Waals surface area (Å²) in [5, 5.41) is 13.1. The van der Waals surface area contributed by atoms with Crippen molar-refractivity contribution in [3.8, 4) is 10.4 Å². The summed E-state index contributed by atoms with van der Waals surface area (Å²) in [6, 6.07) is 13.5. The Bertz CT molecular complexity index is 1340. The average molecular weight is 565 g/mol. The number of rotatable bonds is 12. The second kappa shape index (κ2) is 13.2. The van der Waals surface area contributed by atoms with Gasteiger partial charge < -0.3 is 25.0 Å². The Morgan fingerprint density at radius 3 is 2.55 bits per heavy atom. The van der Waals surface area contributed by atoms with Gasteiger partial charge in [0, 0.05) is 52.3 Å². The summed E-state index contributed by atoms with van der Waals surface area (Å²) in [5.74, 6) is -0.962. The van der Waals surface area contributed by atoms with Crippen molar-refractivity contribution in [2.24, 2.45) is 0 Å². The number of likely N-dealkylation sites (N-methyl/N-ethyl adjacent to an activating group) is 1. The number of aryl methyl sites for hydroxylation is 1. The van der Waals surface area contributed by atoms with E-state index in [1.54, 1.807) is 49.5 Å². The van der Waals surface area contributed by atoms with Gasteiger partial charge in [-0.05, 0) is 36.6 Å². The number of methoxy groups -OCH3 is 1. The van der Waals surface area contributed by atoms with Gasteiger partial charge in [0.25, 0.3) is 5.91 Å². The Labute approximate surface area is 238 Å². The number of aliphatic hydroxyl groups is 1. The lowest BCUT2D eigenvalue weighted by atomic mass is 10.0. The number of thiazole rings is 1. The van der Waals surface area contributed by atoms with E-state index in [9.17, 15) is 19.5 Å². The number of carbonyl (C=O) groups is 3. The molecule has 2 heterocycles. The van der Waals surface area contributed by atoms with Gasteiger partial charge >= 0.3 is 0 Å². The van der Waals surface area contributed by atoms with Crippen LogP contribution in [-0.4, -0.2) is 76.6 Å². The minimum absolute atomic E-state index is 0.0584. The maximum absolute atomic E-state index is 13.8. The molecule has 0 saturated carbocycles. The number of amides is 3. The number of nitrogens with one attached hydrogen (secondary N) is 1. The largest absolute Gasteiger partial charge is 0.393 e. The summed E-state index contributed by atoms with van der Waals surface area (Å²) >= 11 is 1.58. The smallest absolute Gasteiger partial charge is 0.255 e. The minimum Gasteiger partial charge on any atom is -0.393 e. The van der Waals surface area contributed by atoms with Crippen molar-refractivity contribution in [1.29, 1.82) is 0 Å². The van der Waals surface area contributed by atoms with Crippen LogP contribution in [0.3, 0.4) is 0 Å². The van der Waals surface area contributed by atoms with Crippen LogP contribution in [0.2, 0.25) is 0 Å². The molecule has 0 saturated heterocycles. The molecule has 0 spiro atoms. The number of aliphatic hydroxyl groups excluding tert-OH is 1. The van der Waals surface area contributed by atoms with Crippen LogP contribution >= 0.6 is 11.3 Å². The number of hydrogen-bond donors (Lipinski definition) is 2. The first kappa shape index (κ1) is 29.4. The summed E-state index contributed by atoms with van der Waals surface area (Å²) in [5.41, 5.74) is 6.20. The average Bonchev–Trinajstić information content (AvgIpc) is 3.53. The molecule has 0 aliphatic carbocycles. The molecule has 3 aromatic rings. The quantitative estimate of drug-likeness (QED) is 0.349. The number of ether oxygens (including phenoxy) is 1. The van der Waals surface area contributed by atoms with E-state index in [2.05, 4.69) is 10.3 Å². The Hall–Kier alpha value is -3.60. The molecule has 3 amide bonds. The lowest BCUT2D eigenvalue weighted by Crippen LogP contribution is -2.55. The molecular formula is C30H36N4O5S. The Morgan fingerprint density at radius 1 is 1.20 bits per heavy atom. The van der Waals surface area contributed by atoms with Crippen LogP contribution in [0.15, 0.2) is 54.0 Å². The minimum atomic E-state index is -0.920. The zero-order valence-electron chi connectivity index (χ0n) is 23.3. The van der Waals surface area contributed by atoms with Crippen molar-refractivity contribution in [1.82, 2.24) is 20.1 Å². The predicted octanol–water partition coefficient (Wildman–Crippen LogP) is 3.39. The van der Waals surface area contributed by atoms with Gasteiger partial charge in [-0.25, -0.2) is 4.98 Å². The van der Waals surface area contributed by atoms with Crippen molar-refractivity contribution in [2.45, 2.75) is 58.0 Å². The van der Waals surface area contributed by atoms with Crippen LogP contribution in [-0.2, 0) is 27.4 Å². The monoisotopic (exact) mass is 564 g/mol. The molecule has 0 fully saturated rings. The van der Waals surface area contributed by atoms with Crippen molar-refractivity contribution < 1.29 is 24.2 Å². The second-order valence-electron chi connectivity index (χ2n) is 10.1. The van der Waals surface area contributed by atoms with Gasteiger partial charge in [-0.1, -0.05) is 42.5 Å². The number of hydrogen-bond acceptors (Lipinski definition) is 7. The summed E-state index contributed by atoms with van der Waals surface area (Å²) in [6.45, 7) is 4.41. The first-order valence-electron chi connectivity index (χ1n) is 13.3. The van der Waals surface area contributed by atoms with Crippen molar-refractivity contribution in [3.05, 3.63) is 76.4 Å². The molecule has 3 atom stereocenters. The fourth-order valence-corrected chi connectivity index (χ4v) is 5.80. The summed E-state index contributed by atoms with van der Waals surface area (Å²) in [7, 11) is 3.09. The summed E-state index contributed by atoms with van der Waals surface area (Å²) in [4.78, 5) is 48.7. The lowest BCUT2D eigenvalue weighted by molar-refractivity contribution is -0.144. The molecule has 9 nitrogen and oxygen atoms in total. The third-order valence-electron chi connectivity index (χ3n) is 7.22. The van der Waals surface area contributed by atoms with E-state index in [1.807, 2.05) is 48.8 Å². The molecule has 4 rings (SSSR count). The third-order valence-corrected chi connectivity index (χ3v) is 8.19. The van der Waals surface area contributed by atoms with E-state index in [-0.39, 0.29) is 43.7 Å². The van der Waals surface area contributed by atoms with E-state index in [0.717, 1.165) is 27.3 Å². The van der Waals surface area contributed by atoms with Gasteiger partial charge in [0.15, 0.2) is 0 Å². The maximum atomic E-state index is 13.8. The van der Waals surface area contributed by atoms with Gasteiger partial charge in [0.1, 0.15) is 12.1 Å². The molecule has 2 N–H and O–H groups in total. The molecule has 40 heavy (non-hydrogen) atoms. The molecule has 0 bridgehead atoms. The van der Waals surface area contributed by atoms with Gasteiger partial charge in [0.05, 0.1) is 22.2 Å². The molecule has 10 heteroatoms. The van der Waals surface area contributed by atoms with Crippen LogP contribution in [0, 0.1) is 6.92 Å². The number of fused-ring (bicyclic) bond motifs is 1. The fourth-order valence-electron chi connectivity index (χ4n) is 4.98. The molecule has 1 aliphatic heterocycles. The van der Waals surface area contributed by atoms with Gasteiger partial charge in [-0.15, -0.1) is 11.3 Å². The third kappa shape index (κ3) is 6.57. The first-order valence-corrected chi connectivity index (χ1v) is 14.2. The van der Waals surface area contributed by atoms with Crippen molar-refractivity contribution in [3.63, 3.8) is 0 Å². The number of carbonyl (C=O) groups excluding carboxylic acids is 3. The normalized spacial score (nSPS) is 14.9. The number of aromatic nitrogens is 1. The van der Waals surface area contributed by atoms with Crippen LogP contribution in [0.1, 0.15) is 46.9 Å². The maximum Gasteiger partial charge on any atom is 0.255 e. The zero-order chi connectivity index (χ0) is 28.8. The molecular weight excluding hydrogens is 528 g/mol. The molecule has 2 aromatic carbocycles. The van der Waals surface area contributed by atoms with E-state index < -0.39 is 18.2 Å². The highest BCUT2D eigenvalue weighted by molar-refractivity contribution is 7.13. The SMILES string of the molecule is COCCC(C(=O)N(C)C(CC(C)O)C(=O)NCc1ccc(-c2scnc2C)cc1)N1Cc2ccccc2C1=O. The van der Waals surface area contributed by atoms with Gasteiger partial charge in [0.2, 0.25) is 11.8 Å². The highest BCUT2D eigenvalue weighted by Crippen LogP contribution is 2.28. The van der Waals surface area contributed by atoms with E-state index in [4.69, 9.17) is 4.74 Å². The topological polar surface area (TPSA) is 112 Å². The van der Waals surface area contributed by atoms with Crippen molar-refractivity contribution >= 4 is 29.1 Å². The van der Waals surface area contributed by atoms with Crippen LogP contribution in [0.25, 0.3) is 10.4 Å². The molecule has 1 aliphatic rings. The number of nitrogens with zero attached hydrogens (tertiary/aromatic N) is 3. The Kier molecular flexibility index (Phi) is 9.67. The van der Waals surface area contributed by atoms with Crippen LogP contribution in [0.4, 0.5) is 0 Å². The Balaban J connectivity index is 1.47. The molecule has 3 unspecified atom stereocenters. The van der Waals surface area contributed by atoms with Crippen molar-refractivity contribution in [2.75, 3.05) is 20.8 Å². The van der Waals surface area contributed by atoms with E-state index in [1.165, 1.54) is 4.90 Å². The fraction of sp³-hybridized carbons (Fsp3) is 0.400. The first-order chi connectivity index (χ1) is 19.2. The van der Waals surface area contributed by atoms with Gasteiger partial charge in [-0.3, -0.25) is 14.4 Å². The zero-order valence-corrected chi connectivity index (χ0v) is 24.1. The highest BCUT2D eigenvalue weighted by Gasteiger charge is 2.39. The summed E-state index contributed by atoms with van der Waals surface area (Å²) < 4.78 is 5.24. The molecule has 212 valence electrons. The standard InChI is InChI=1S/C30H36N4O5S/c1-19(35)15-26(28(36)31-16-21-9-11-22(12-10-21)27-20(2)32-18-40-27)33(3)30(38)25(13-14-39-4)34-17-23-7-5-6-8-24(23)29(34)37/h5-12,18-19,25-26,35H,13-17H2,1-4H3,(H,31,36). The predicted molar refractivity (Wildman–Crippen MR) is 154 cm³/mol. The Morgan fingerprint density at radius 2 is 1.93 bits per heavy atom. The molecule has 0 radical (unpaired) electrons. The van der Waals surface area contributed by atoms with E-state index in [0.29, 0.717) is 12.1 Å². The molecule has 1 aromatic heterocycles.